The molecule has 1 aliphatic rings. The average molecular weight is 470 g/mol. The summed E-state index contributed by atoms with van der Waals surface area (Å²) in [5, 5.41) is 18.9. The number of benzene rings is 3. The van der Waals surface area contributed by atoms with Crippen molar-refractivity contribution in [2.45, 2.75) is 6.61 Å². The number of amidine groups is 1. The smallest absolute Gasteiger partial charge is 0.335 e. The Labute approximate surface area is 200 Å². The predicted molar refractivity (Wildman–Crippen MR) is 131 cm³/mol. The third-order valence-corrected chi connectivity index (χ3v) is 6.11. The predicted octanol–water partition coefficient (Wildman–Crippen LogP) is 5.07. The number of hydrogen-bond acceptors (Lipinski definition) is 6. The van der Waals surface area contributed by atoms with Crippen LogP contribution in [-0.2, 0) is 11.4 Å². The lowest BCUT2D eigenvalue weighted by Gasteiger charge is -2.10. The first-order valence-corrected chi connectivity index (χ1v) is 11.1. The molecule has 1 saturated heterocycles. The number of carbonyl (C=O) groups excluding carboxylic acids is 1. The molecule has 0 unspecified atom stereocenters. The van der Waals surface area contributed by atoms with Gasteiger partial charge in [-0.25, -0.2) is 9.79 Å². The summed E-state index contributed by atoms with van der Waals surface area (Å²) in [5.74, 6) is -0.679. The van der Waals surface area contributed by atoms with Crippen LogP contribution < -0.4 is 4.74 Å². The highest BCUT2D eigenvalue weighted by molar-refractivity contribution is 8.18. The zero-order chi connectivity index (χ0) is 24.1. The summed E-state index contributed by atoms with van der Waals surface area (Å²) < 4.78 is 5.98. The van der Waals surface area contributed by atoms with E-state index in [4.69, 9.17) is 4.74 Å². The van der Waals surface area contributed by atoms with Gasteiger partial charge in [-0.05, 0) is 48.2 Å². The molecule has 1 fully saturated rings. The third kappa shape index (κ3) is 5.00. The fraction of sp³-hybridized carbons (Fsp3) is 0.0769. The molecule has 0 radical (unpaired) electrons. The van der Waals surface area contributed by atoms with Gasteiger partial charge in [-0.2, -0.15) is 5.26 Å². The lowest BCUT2D eigenvalue weighted by molar-refractivity contribution is -0.121. The zero-order valence-electron chi connectivity index (χ0n) is 18.1. The van der Waals surface area contributed by atoms with Crippen molar-refractivity contribution in [3.63, 3.8) is 0 Å². The molecular formula is C26H19N3O4S. The van der Waals surface area contributed by atoms with Crippen LogP contribution >= 0.6 is 11.8 Å². The zero-order valence-corrected chi connectivity index (χ0v) is 19.0. The van der Waals surface area contributed by atoms with Crippen molar-refractivity contribution in [3.05, 3.63) is 100.0 Å². The van der Waals surface area contributed by atoms with Crippen molar-refractivity contribution in [2.24, 2.45) is 4.99 Å². The molecule has 1 heterocycles. The summed E-state index contributed by atoms with van der Waals surface area (Å²) in [6, 6.07) is 23.0. The third-order valence-electron chi connectivity index (χ3n) is 5.05. The van der Waals surface area contributed by atoms with Crippen molar-refractivity contribution in [1.29, 1.82) is 5.26 Å². The Morgan fingerprint density at radius 3 is 2.71 bits per heavy atom. The molecule has 0 bridgehead atoms. The molecule has 4 rings (SSSR count). The largest absolute Gasteiger partial charge is 0.488 e. The Bertz CT molecular complexity index is 1370. The van der Waals surface area contributed by atoms with Gasteiger partial charge in [0.25, 0.3) is 5.91 Å². The van der Waals surface area contributed by atoms with Gasteiger partial charge in [-0.3, -0.25) is 9.69 Å². The number of carbonyl (C=O) groups is 2. The molecule has 168 valence electrons. The van der Waals surface area contributed by atoms with Gasteiger partial charge in [0.1, 0.15) is 12.4 Å². The van der Waals surface area contributed by atoms with Gasteiger partial charge in [-0.1, -0.05) is 42.5 Å². The Morgan fingerprint density at radius 1 is 1.15 bits per heavy atom. The maximum atomic E-state index is 12.8. The number of thioether (sulfide) groups is 1. The summed E-state index contributed by atoms with van der Waals surface area (Å²) in [6.45, 7) is 0.220. The van der Waals surface area contributed by atoms with Crippen LogP contribution in [0, 0.1) is 11.3 Å². The number of nitrogens with zero attached hydrogens (tertiary/aromatic N) is 3. The molecule has 8 heteroatoms. The van der Waals surface area contributed by atoms with Crippen molar-refractivity contribution in [3.8, 4) is 11.8 Å². The second-order valence-electron chi connectivity index (χ2n) is 7.32. The van der Waals surface area contributed by atoms with E-state index in [1.807, 2.05) is 36.4 Å². The van der Waals surface area contributed by atoms with Crippen LogP contribution in [0.2, 0.25) is 0 Å². The van der Waals surface area contributed by atoms with Gasteiger partial charge in [0.05, 0.1) is 27.8 Å². The first-order valence-electron chi connectivity index (χ1n) is 10.3. The van der Waals surface area contributed by atoms with Crippen LogP contribution in [-0.4, -0.2) is 34.1 Å². The second kappa shape index (κ2) is 10.1. The summed E-state index contributed by atoms with van der Waals surface area (Å²) >= 11 is 1.20. The fourth-order valence-corrected chi connectivity index (χ4v) is 4.23. The number of carboxylic acids is 1. The van der Waals surface area contributed by atoms with Crippen LogP contribution in [0.15, 0.2) is 82.7 Å². The SMILES string of the molecule is CN1C(=O)/C(=C\c2ccccc2OCc2ccccc2C#N)SC1=Nc1cccc(C(=O)O)c1. The summed E-state index contributed by atoms with van der Waals surface area (Å²) in [6.07, 6.45) is 1.74. The monoisotopic (exact) mass is 469 g/mol. The van der Waals surface area contributed by atoms with E-state index in [1.54, 1.807) is 37.4 Å². The van der Waals surface area contributed by atoms with E-state index in [0.29, 0.717) is 27.1 Å². The minimum Gasteiger partial charge on any atom is -0.488 e. The van der Waals surface area contributed by atoms with Gasteiger partial charge in [0.2, 0.25) is 0 Å². The second-order valence-corrected chi connectivity index (χ2v) is 8.33. The minimum absolute atomic E-state index is 0.124. The van der Waals surface area contributed by atoms with E-state index in [2.05, 4.69) is 11.1 Å². The highest BCUT2D eigenvalue weighted by atomic mass is 32.2. The maximum Gasteiger partial charge on any atom is 0.335 e. The van der Waals surface area contributed by atoms with Gasteiger partial charge < -0.3 is 9.84 Å². The van der Waals surface area contributed by atoms with Gasteiger partial charge in [0.15, 0.2) is 5.17 Å². The molecule has 0 aliphatic carbocycles. The first-order chi connectivity index (χ1) is 16.5. The number of amides is 1. The number of aromatic carboxylic acids is 1. The normalized spacial score (nSPS) is 15.5. The first kappa shape index (κ1) is 22.8. The number of aliphatic imine (C=N–C) groups is 1. The van der Waals surface area contributed by atoms with E-state index < -0.39 is 5.97 Å². The lowest BCUT2D eigenvalue weighted by Crippen LogP contribution is -2.23. The standard InChI is InChI=1S/C26H19N3O4S/c1-29-24(30)23(34-26(29)28-21-11-6-10-18(13-21)25(31)32)14-17-7-4-5-12-22(17)33-16-20-9-3-2-8-19(20)15-27/h2-14H,16H2,1H3,(H,31,32)/b23-14+,28-26?. The van der Waals surface area contributed by atoms with Crippen molar-refractivity contribution < 1.29 is 19.4 Å². The molecule has 3 aromatic carbocycles. The van der Waals surface area contributed by atoms with Crippen LogP contribution in [0.1, 0.15) is 27.0 Å². The highest BCUT2D eigenvalue weighted by Gasteiger charge is 2.30. The molecule has 0 atom stereocenters. The van der Waals surface area contributed by atoms with Crippen LogP contribution in [0.4, 0.5) is 5.69 Å². The number of para-hydroxylation sites is 1. The Kier molecular flexibility index (Phi) is 6.76. The Hall–Kier alpha value is -4.35. The van der Waals surface area contributed by atoms with E-state index in [9.17, 15) is 20.0 Å². The summed E-state index contributed by atoms with van der Waals surface area (Å²) in [4.78, 5) is 30.4. The Balaban J connectivity index is 1.58. The number of nitriles is 1. The van der Waals surface area contributed by atoms with Gasteiger partial charge in [0, 0.05) is 18.2 Å². The van der Waals surface area contributed by atoms with Crippen molar-refractivity contribution in [1.82, 2.24) is 4.90 Å². The Morgan fingerprint density at radius 2 is 1.91 bits per heavy atom. The number of likely N-dealkylation sites (N-methyl/N-ethyl adjacent to an activating group) is 1. The number of ether oxygens (including phenoxy) is 1. The molecule has 3 aromatic rings. The van der Waals surface area contributed by atoms with Gasteiger partial charge >= 0.3 is 5.97 Å². The summed E-state index contributed by atoms with van der Waals surface area (Å²) in [5.41, 5.74) is 2.61. The summed E-state index contributed by atoms with van der Waals surface area (Å²) in [7, 11) is 1.62. The fourth-order valence-electron chi connectivity index (χ4n) is 3.25. The maximum absolute atomic E-state index is 12.8. The van der Waals surface area contributed by atoms with E-state index in [0.717, 1.165) is 11.1 Å². The molecule has 0 spiro atoms. The van der Waals surface area contributed by atoms with Gasteiger partial charge in [-0.15, -0.1) is 0 Å². The van der Waals surface area contributed by atoms with Crippen molar-refractivity contribution >= 4 is 40.6 Å². The number of carboxylic acid groups (broad SMARTS) is 1. The molecule has 34 heavy (non-hydrogen) atoms. The highest BCUT2D eigenvalue weighted by Crippen LogP contribution is 2.35. The van der Waals surface area contributed by atoms with Crippen LogP contribution in [0.3, 0.4) is 0 Å². The van der Waals surface area contributed by atoms with E-state index in [-0.39, 0.29) is 18.1 Å². The van der Waals surface area contributed by atoms with E-state index in [1.165, 1.54) is 28.8 Å². The van der Waals surface area contributed by atoms with Crippen LogP contribution in [0.25, 0.3) is 6.08 Å². The quantitative estimate of drug-likeness (QED) is 0.506. The topological polar surface area (TPSA) is 103 Å². The molecule has 1 aliphatic heterocycles. The minimum atomic E-state index is -1.04. The molecule has 1 amide bonds. The molecule has 1 N–H and O–H groups in total. The van der Waals surface area contributed by atoms with E-state index >= 15 is 0 Å². The average Bonchev–Trinajstić information content (AvgIpc) is 3.11. The number of hydrogen-bond donors (Lipinski definition) is 1. The van der Waals surface area contributed by atoms with Crippen LogP contribution in [0.5, 0.6) is 5.75 Å². The number of rotatable bonds is 6. The lowest BCUT2D eigenvalue weighted by atomic mass is 10.1. The molecular weight excluding hydrogens is 450 g/mol. The molecule has 0 aromatic heterocycles. The molecule has 0 saturated carbocycles. The van der Waals surface area contributed by atoms with Crippen molar-refractivity contribution in [2.75, 3.05) is 7.05 Å². The molecule has 7 nitrogen and oxygen atoms in total.